The Morgan fingerprint density at radius 1 is 0.967 bits per heavy atom. The first-order chi connectivity index (χ1) is 14.0. The third-order valence-corrected chi connectivity index (χ3v) is 6.03. The number of ketones is 1. The van der Waals surface area contributed by atoms with Gasteiger partial charge in [0.15, 0.2) is 5.78 Å². The topological polar surface area (TPSA) is 84.9 Å². The van der Waals surface area contributed by atoms with Crippen LogP contribution in [-0.2, 0) is 23.9 Å². The minimum atomic E-state index is -0.111. The van der Waals surface area contributed by atoms with Crippen LogP contribution in [0.2, 0.25) is 0 Å². The lowest BCUT2D eigenvalue weighted by Crippen LogP contribution is -2.35. The number of rotatable bonds is 5. The van der Waals surface area contributed by atoms with E-state index in [9.17, 15) is 14.4 Å². The van der Waals surface area contributed by atoms with Crippen LogP contribution in [0.3, 0.4) is 0 Å². The van der Waals surface area contributed by atoms with Gasteiger partial charge in [0.1, 0.15) is 0 Å². The number of methoxy groups -OCH3 is 2. The fraction of sp³-hybridized carbons (Fsp3) is 0.773. The maximum absolute atomic E-state index is 11.4. The third kappa shape index (κ3) is 9.47. The van der Waals surface area contributed by atoms with E-state index in [2.05, 4.69) is 15.0 Å². The molecule has 2 fully saturated rings. The lowest BCUT2D eigenvalue weighted by atomic mass is 9.92. The summed E-state index contributed by atoms with van der Waals surface area (Å²) in [5, 5.41) is 3.25. The Morgan fingerprint density at radius 3 is 2.00 bits per heavy atom. The molecule has 1 N–H and O–H groups in total. The zero-order chi connectivity index (χ0) is 21.1. The average Bonchev–Trinajstić information content (AvgIpc) is 2.75. The number of hydrogen-bond donors (Lipinski definition) is 1. The van der Waals surface area contributed by atoms with Crippen molar-refractivity contribution >= 4 is 30.1 Å². The molecule has 0 aromatic heterocycles. The van der Waals surface area contributed by atoms with Gasteiger partial charge in [0, 0.05) is 44.1 Å². The number of nitrogens with zero attached hydrogens (tertiary/aromatic N) is 1. The molecule has 7 nitrogen and oxygen atoms in total. The van der Waals surface area contributed by atoms with Crippen molar-refractivity contribution in [3.05, 3.63) is 11.8 Å². The van der Waals surface area contributed by atoms with Gasteiger partial charge in [-0.2, -0.15) is 0 Å². The van der Waals surface area contributed by atoms with Crippen LogP contribution in [0.15, 0.2) is 11.8 Å². The molecule has 0 bridgehead atoms. The summed E-state index contributed by atoms with van der Waals surface area (Å²) in [6.07, 6.45) is 9.87. The molecule has 2 aliphatic heterocycles. The van der Waals surface area contributed by atoms with Crippen LogP contribution in [0.25, 0.3) is 0 Å². The summed E-state index contributed by atoms with van der Waals surface area (Å²) >= 11 is 0. The molecule has 172 valence electrons. The van der Waals surface area contributed by atoms with E-state index in [0.29, 0.717) is 31.1 Å². The van der Waals surface area contributed by atoms with Crippen LogP contribution in [0.5, 0.6) is 0 Å². The molecule has 0 atom stereocenters. The van der Waals surface area contributed by atoms with Crippen molar-refractivity contribution in [1.29, 1.82) is 0 Å². The Labute approximate surface area is 186 Å². The van der Waals surface area contributed by atoms with Crippen LogP contribution in [0.4, 0.5) is 0 Å². The van der Waals surface area contributed by atoms with Crippen LogP contribution >= 0.6 is 12.4 Å². The number of carbonyl (C=O) groups is 3. The minimum absolute atomic E-state index is 0. The van der Waals surface area contributed by atoms with Gasteiger partial charge in [0.25, 0.3) is 0 Å². The molecule has 0 saturated carbocycles. The predicted octanol–water partition coefficient (Wildman–Crippen LogP) is 2.87. The van der Waals surface area contributed by atoms with Crippen molar-refractivity contribution in [2.24, 2.45) is 11.8 Å². The monoisotopic (exact) mass is 444 g/mol. The Hall–Kier alpha value is -1.60. The van der Waals surface area contributed by atoms with Crippen LogP contribution < -0.4 is 5.32 Å². The van der Waals surface area contributed by atoms with Gasteiger partial charge in [0.2, 0.25) is 0 Å². The SMILES string of the molecule is COC(=O)CC1CCN(C2=CC(=O)CCC2)CC1.COC(=O)CC1CCNCC1.Cl. The molecule has 3 aliphatic rings. The lowest BCUT2D eigenvalue weighted by Gasteiger charge is -2.35. The van der Waals surface area contributed by atoms with Crippen molar-refractivity contribution in [1.82, 2.24) is 10.2 Å². The quantitative estimate of drug-likeness (QED) is 0.652. The fourth-order valence-corrected chi connectivity index (χ4v) is 4.17. The number of likely N-dealkylation sites (tertiary alicyclic amines) is 1. The predicted molar refractivity (Wildman–Crippen MR) is 117 cm³/mol. The Morgan fingerprint density at radius 2 is 1.50 bits per heavy atom. The summed E-state index contributed by atoms with van der Waals surface area (Å²) in [7, 11) is 2.89. The molecule has 0 unspecified atom stereocenters. The molecular formula is C22H37ClN2O5. The van der Waals surface area contributed by atoms with E-state index in [1.165, 1.54) is 19.9 Å². The summed E-state index contributed by atoms with van der Waals surface area (Å²) in [6.45, 7) is 4.00. The summed E-state index contributed by atoms with van der Waals surface area (Å²) in [6, 6.07) is 0. The summed E-state index contributed by atoms with van der Waals surface area (Å²) in [4.78, 5) is 35.8. The fourth-order valence-electron chi connectivity index (χ4n) is 4.17. The molecule has 0 aromatic carbocycles. The summed E-state index contributed by atoms with van der Waals surface area (Å²) in [5.41, 5.74) is 1.20. The van der Waals surface area contributed by atoms with Crippen molar-refractivity contribution in [3.8, 4) is 0 Å². The van der Waals surface area contributed by atoms with Gasteiger partial charge >= 0.3 is 11.9 Å². The zero-order valence-corrected chi connectivity index (χ0v) is 19.1. The van der Waals surface area contributed by atoms with Crippen LogP contribution in [-0.4, -0.2) is 63.0 Å². The maximum atomic E-state index is 11.4. The van der Waals surface area contributed by atoms with Gasteiger partial charge < -0.3 is 19.7 Å². The van der Waals surface area contributed by atoms with Crippen LogP contribution in [0.1, 0.15) is 57.8 Å². The molecule has 2 saturated heterocycles. The van der Waals surface area contributed by atoms with Gasteiger partial charge in [-0.15, -0.1) is 12.4 Å². The highest BCUT2D eigenvalue weighted by molar-refractivity contribution is 5.91. The standard InChI is InChI=1S/C14H21NO3.C8H15NO2.ClH/c1-18-14(17)9-11-5-7-15(8-6-11)12-3-2-4-13(16)10-12;1-11-8(10)6-7-2-4-9-5-3-7;/h10-11H,2-9H2,1H3;7,9H,2-6H2,1H3;1H. The van der Waals surface area contributed by atoms with Gasteiger partial charge in [-0.1, -0.05) is 0 Å². The van der Waals surface area contributed by atoms with E-state index in [1.807, 2.05) is 6.08 Å². The number of hydrogen-bond acceptors (Lipinski definition) is 7. The maximum Gasteiger partial charge on any atom is 0.305 e. The van der Waals surface area contributed by atoms with Crippen LogP contribution in [0, 0.1) is 11.8 Å². The lowest BCUT2D eigenvalue weighted by molar-refractivity contribution is -0.142. The summed E-state index contributed by atoms with van der Waals surface area (Å²) < 4.78 is 9.30. The first-order valence-corrected chi connectivity index (χ1v) is 10.8. The smallest absolute Gasteiger partial charge is 0.305 e. The first-order valence-electron chi connectivity index (χ1n) is 10.8. The number of nitrogens with one attached hydrogen (secondary N) is 1. The molecule has 8 heteroatoms. The van der Waals surface area contributed by atoms with E-state index < -0.39 is 0 Å². The number of carbonyl (C=O) groups excluding carboxylic acids is 3. The molecule has 1 aliphatic carbocycles. The molecule has 0 aromatic rings. The van der Waals surface area contributed by atoms with Gasteiger partial charge in [-0.3, -0.25) is 14.4 Å². The van der Waals surface area contributed by atoms with Crippen molar-refractivity contribution in [2.75, 3.05) is 40.4 Å². The Balaban J connectivity index is 0.000000324. The number of piperidine rings is 2. The number of allylic oxidation sites excluding steroid dienone is 2. The van der Waals surface area contributed by atoms with E-state index in [1.54, 1.807) is 0 Å². The van der Waals surface area contributed by atoms with E-state index in [4.69, 9.17) is 4.74 Å². The highest BCUT2D eigenvalue weighted by Gasteiger charge is 2.24. The average molecular weight is 445 g/mol. The molecule has 3 rings (SSSR count). The first kappa shape index (κ1) is 26.4. The molecule has 30 heavy (non-hydrogen) atoms. The van der Waals surface area contributed by atoms with Gasteiger partial charge in [0.05, 0.1) is 14.2 Å². The number of halogens is 1. The zero-order valence-electron chi connectivity index (χ0n) is 18.3. The second-order valence-electron chi connectivity index (χ2n) is 8.14. The van der Waals surface area contributed by atoms with E-state index in [0.717, 1.165) is 64.7 Å². The Bertz CT molecular complexity index is 582. The van der Waals surface area contributed by atoms with Gasteiger partial charge in [-0.05, 0) is 63.5 Å². The van der Waals surface area contributed by atoms with E-state index >= 15 is 0 Å². The van der Waals surface area contributed by atoms with Crippen molar-refractivity contribution in [3.63, 3.8) is 0 Å². The van der Waals surface area contributed by atoms with Crippen molar-refractivity contribution in [2.45, 2.75) is 57.8 Å². The largest absolute Gasteiger partial charge is 0.469 e. The molecule has 0 radical (unpaired) electrons. The second kappa shape index (κ2) is 14.4. The third-order valence-electron chi connectivity index (χ3n) is 6.03. The van der Waals surface area contributed by atoms with Crippen molar-refractivity contribution < 1.29 is 23.9 Å². The Kier molecular flexibility index (Phi) is 12.7. The molecule has 0 amide bonds. The number of esters is 2. The molecule has 2 heterocycles. The second-order valence-corrected chi connectivity index (χ2v) is 8.14. The van der Waals surface area contributed by atoms with Gasteiger partial charge in [-0.25, -0.2) is 0 Å². The normalized spacial score (nSPS) is 20.3. The highest BCUT2D eigenvalue weighted by atomic mass is 35.5. The highest BCUT2D eigenvalue weighted by Crippen LogP contribution is 2.27. The molecular weight excluding hydrogens is 408 g/mol. The van der Waals surface area contributed by atoms with E-state index in [-0.39, 0.29) is 30.1 Å². The molecule has 0 spiro atoms. The number of ether oxygens (including phenoxy) is 2. The summed E-state index contributed by atoms with van der Waals surface area (Å²) in [5.74, 6) is 1.06. The minimum Gasteiger partial charge on any atom is -0.469 e.